The van der Waals surface area contributed by atoms with E-state index in [1.54, 1.807) is 36.4 Å². The van der Waals surface area contributed by atoms with E-state index in [2.05, 4.69) is 15.3 Å². The minimum Gasteiger partial charge on any atom is -0.482 e. The van der Waals surface area contributed by atoms with Crippen LogP contribution in [-0.2, 0) is 26.1 Å². The molecular weight excluding hydrogens is 482 g/mol. The van der Waals surface area contributed by atoms with Crippen LogP contribution in [0, 0.1) is 6.92 Å². The third-order valence-electron chi connectivity index (χ3n) is 5.09. The highest BCUT2D eigenvalue weighted by Crippen LogP contribution is 2.21. The molecule has 0 fully saturated rings. The number of esters is 1. The molecule has 0 aliphatic rings. The van der Waals surface area contributed by atoms with Crippen LogP contribution in [0.2, 0.25) is 0 Å². The molecule has 0 spiro atoms. The van der Waals surface area contributed by atoms with E-state index in [9.17, 15) is 18.0 Å². The Kier molecular flexibility index (Phi) is 8.80. The highest BCUT2D eigenvalue weighted by Gasteiger charge is 2.18. The van der Waals surface area contributed by atoms with Gasteiger partial charge in [0.25, 0.3) is 5.91 Å². The topological polar surface area (TPSA) is 114 Å². The lowest BCUT2D eigenvalue weighted by Gasteiger charge is -2.22. The number of anilines is 1. The largest absolute Gasteiger partial charge is 0.482 e. The van der Waals surface area contributed by atoms with Crippen molar-refractivity contribution in [3.63, 3.8) is 0 Å². The maximum atomic E-state index is 12.5. The first-order valence-corrected chi connectivity index (χ1v) is 12.8. The number of ether oxygens (including phenoxy) is 2. The number of benzene rings is 3. The maximum absolute atomic E-state index is 12.5. The summed E-state index contributed by atoms with van der Waals surface area (Å²) in [6.07, 6.45) is 2.58. The SMILES string of the molecule is COC(=O)COc1cccc(/C=N\NC(=O)c2ccc(N(Cc3ccc(C)cc3)S(C)(=O)=O)cc2)c1. The van der Waals surface area contributed by atoms with Crippen LogP contribution in [0.3, 0.4) is 0 Å². The molecule has 10 heteroatoms. The van der Waals surface area contributed by atoms with E-state index < -0.39 is 21.9 Å². The first-order chi connectivity index (χ1) is 17.2. The summed E-state index contributed by atoms with van der Waals surface area (Å²) in [6, 6.07) is 20.7. The summed E-state index contributed by atoms with van der Waals surface area (Å²) in [4.78, 5) is 23.7. The van der Waals surface area contributed by atoms with Crippen molar-refractivity contribution in [2.75, 3.05) is 24.3 Å². The van der Waals surface area contributed by atoms with E-state index in [0.717, 1.165) is 17.4 Å². The number of carbonyl (C=O) groups is 2. The average Bonchev–Trinajstić information content (AvgIpc) is 2.86. The van der Waals surface area contributed by atoms with Crippen LogP contribution in [0.15, 0.2) is 77.9 Å². The van der Waals surface area contributed by atoms with Gasteiger partial charge in [-0.1, -0.05) is 42.0 Å². The second-order valence-corrected chi connectivity index (χ2v) is 9.85. The Labute approximate surface area is 210 Å². The molecule has 0 atom stereocenters. The van der Waals surface area contributed by atoms with E-state index in [0.29, 0.717) is 22.6 Å². The molecule has 1 amide bonds. The van der Waals surface area contributed by atoms with Gasteiger partial charge in [0.05, 0.1) is 31.8 Å². The van der Waals surface area contributed by atoms with Crippen molar-refractivity contribution in [2.24, 2.45) is 5.10 Å². The first-order valence-electron chi connectivity index (χ1n) is 10.9. The highest BCUT2D eigenvalue weighted by atomic mass is 32.2. The number of carbonyl (C=O) groups excluding carboxylic acids is 2. The minimum absolute atomic E-state index is 0.178. The van der Waals surface area contributed by atoms with Gasteiger partial charge in [-0.05, 0) is 54.4 Å². The van der Waals surface area contributed by atoms with Crippen molar-refractivity contribution in [3.8, 4) is 5.75 Å². The Hall–Kier alpha value is -4.18. The van der Waals surface area contributed by atoms with Crippen molar-refractivity contribution in [3.05, 3.63) is 95.1 Å². The number of hydrogen-bond donors (Lipinski definition) is 1. The summed E-state index contributed by atoms with van der Waals surface area (Å²) in [7, 11) is -2.27. The molecule has 0 heterocycles. The van der Waals surface area contributed by atoms with Crippen LogP contribution in [0.25, 0.3) is 0 Å². The highest BCUT2D eigenvalue weighted by molar-refractivity contribution is 7.92. The molecule has 36 heavy (non-hydrogen) atoms. The van der Waals surface area contributed by atoms with Crippen LogP contribution >= 0.6 is 0 Å². The van der Waals surface area contributed by atoms with Gasteiger partial charge in [0.1, 0.15) is 5.75 Å². The second kappa shape index (κ2) is 12.0. The molecule has 3 aromatic rings. The van der Waals surface area contributed by atoms with Gasteiger partial charge in [0.2, 0.25) is 10.0 Å². The number of nitrogens with one attached hydrogen (secondary N) is 1. The summed E-state index contributed by atoms with van der Waals surface area (Å²) >= 11 is 0. The molecular formula is C26H27N3O6S. The van der Waals surface area contributed by atoms with Crippen molar-refractivity contribution in [2.45, 2.75) is 13.5 Å². The zero-order valence-electron chi connectivity index (χ0n) is 20.2. The van der Waals surface area contributed by atoms with E-state index in [1.165, 1.54) is 29.8 Å². The van der Waals surface area contributed by atoms with Crippen molar-refractivity contribution < 1.29 is 27.5 Å². The third kappa shape index (κ3) is 7.67. The fourth-order valence-corrected chi connectivity index (χ4v) is 4.04. The number of methoxy groups -OCH3 is 1. The zero-order valence-corrected chi connectivity index (χ0v) is 21.0. The molecule has 0 aromatic heterocycles. The standard InChI is InChI=1S/C26H27N3O6S/c1-19-7-9-20(10-8-19)17-29(36(3,32)33)23-13-11-22(12-14-23)26(31)28-27-16-21-5-4-6-24(15-21)35-18-25(30)34-2/h4-16H,17-18H2,1-3H3,(H,28,31)/b27-16-. The monoisotopic (exact) mass is 509 g/mol. The minimum atomic E-state index is -3.54. The Balaban J connectivity index is 1.64. The van der Waals surface area contributed by atoms with Crippen LogP contribution < -0.4 is 14.5 Å². The number of sulfonamides is 1. The van der Waals surface area contributed by atoms with Crippen LogP contribution in [0.5, 0.6) is 5.75 Å². The van der Waals surface area contributed by atoms with Gasteiger partial charge >= 0.3 is 5.97 Å². The quantitative estimate of drug-likeness (QED) is 0.255. The average molecular weight is 510 g/mol. The Bertz CT molecular complexity index is 1340. The number of nitrogens with zero attached hydrogens (tertiary/aromatic N) is 2. The van der Waals surface area contributed by atoms with Gasteiger partial charge in [-0.15, -0.1) is 0 Å². The van der Waals surface area contributed by atoms with Gasteiger partial charge in [-0.25, -0.2) is 18.6 Å². The summed E-state index contributed by atoms with van der Waals surface area (Å²) < 4.78 is 36.0. The second-order valence-electron chi connectivity index (χ2n) is 7.94. The molecule has 1 N–H and O–H groups in total. The molecule has 0 unspecified atom stereocenters. The van der Waals surface area contributed by atoms with Crippen molar-refractivity contribution in [1.82, 2.24) is 5.43 Å². The smallest absolute Gasteiger partial charge is 0.343 e. The molecule has 0 aliphatic carbocycles. The van der Waals surface area contributed by atoms with Crippen LogP contribution in [0.1, 0.15) is 27.0 Å². The van der Waals surface area contributed by atoms with Crippen molar-refractivity contribution in [1.29, 1.82) is 0 Å². The van der Waals surface area contributed by atoms with Crippen molar-refractivity contribution >= 4 is 33.8 Å². The molecule has 3 aromatic carbocycles. The number of hydrazone groups is 1. The zero-order chi connectivity index (χ0) is 26.1. The molecule has 0 aliphatic heterocycles. The van der Waals surface area contributed by atoms with Gasteiger partial charge in [-0.3, -0.25) is 9.10 Å². The van der Waals surface area contributed by atoms with E-state index >= 15 is 0 Å². The lowest BCUT2D eigenvalue weighted by molar-refractivity contribution is -0.142. The normalized spacial score (nSPS) is 11.2. The lowest BCUT2D eigenvalue weighted by atomic mass is 10.1. The predicted molar refractivity (Wildman–Crippen MR) is 138 cm³/mol. The summed E-state index contributed by atoms with van der Waals surface area (Å²) in [5.74, 6) is -0.505. The summed E-state index contributed by atoms with van der Waals surface area (Å²) in [5.41, 5.74) is 5.78. The summed E-state index contributed by atoms with van der Waals surface area (Å²) in [6.45, 7) is 1.92. The third-order valence-corrected chi connectivity index (χ3v) is 6.23. The van der Waals surface area contributed by atoms with Crippen LogP contribution in [-0.4, -0.2) is 46.5 Å². The molecule has 0 saturated carbocycles. The van der Waals surface area contributed by atoms with E-state index in [-0.39, 0.29) is 13.2 Å². The Morgan fingerprint density at radius 3 is 2.36 bits per heavy atom. The molecule has 188 valence electrons. The molecule has 0 bridgehead atoms. The fourth-order valence-electron chi connectivity index (χ4n) is 3.15. The van der Waals surface area contributed by atoms with Gasteiger partial charge < -0.3 is 9.47 Å². The Morgan fingerprint density at radius 2 is 1.72 bits per heavy atom. The lowest BCUT2D eigenvalue weighted by Crippen LogP contribution is -2.29. The number of aryl methyl sites for hydroxylation is 1. The van der Waals surface area contributed by atoms with Gasteiger partial charge in [0, 0.05) is 5.56 Å². The molecule has 0 saturated heterocycles. The molecule has 9 nitrogen and oxygen atoms in total. The fraction of sp³-hybridized carbons (Fsp3) is 0.192. The molecule has 0 radical (unpaired) electrons. The predicted octanol–water partition coefficient (Wildman–Crippen LogP) is 3.28. The number of hydrogen-bond acceptors (Lipinski definition) is 7. The first kappa shape index (κ1) is 26.4. The Morgan fingerprint density at radius 1 is 1.03 bits per heavy atom. The summed E-state index contributed by atoms with van der Waals surface area (Å²) in [5, 5.41) is 3.95. The van der Waals surface area contributed by atoms with Gasteiger partial charge in [-0.2, -0.15) is 5.10 Å². The van der Waals surface area contributed by atoms with Gasteiger partial charge in [0.15, 0.2) is 6.61 Å². The van der Waals surface area contributed by atoms with Crippen LogP contribution in [0.4, 0.5) is 5.69 Å². The van der Waals surface area contributed by atoms with E-state index in [4.69, 9.17) is 4.74 Å². The van der Waals surface area contributed by atoms with E-state index in [1.807, 2.05) is 31.2 Å². The molecule has 3 rings (SSSR count). The number of amides is 1. The number of rotatable bonds is 10. The maximum Gasteiger partial charge on any atom is 0.343 e.